The van der Waals surface area contributed by atoms with Crippen LogP contribution in [0.2, 0.25) is 0 Å². The molecule has 16 heavy (non-hydrogen) atoms. The van der Waals surface area contributed by atoms with Gasteiger partial charge in [0.1, 0.15) is 0 Å². The van der Waals surface area contributed by atoms with Crippen molar-refractivity contribution in [1.82, 2.24) is 10.2 Å². The molecule has 2 atom stereocenters. The lowest BCUT2D eigenvalue weighted by Crippen LogP contribution is -2.48. The van der Waals surface area contributed by atoms with Gasteiger partial charge in [-0.15, -0.1) is 0 Å². The van der Waals surface area contributed by atoms with Crippen molar-refractivity contribution in [3.63, 3.8) is 0 Å². The molecule has 1 heterocycles. The average Bonchev–Trinajstić information content (AvgIpc) is 2.30. The molecule has 0 radical (unpaired) electrons. The summed E-state index contributed by atoms with van der Waals surface area (Å²) in [6.45, 7) is 8.93. The zero-order valence-electron chi connectivity index (χ0n) is 11.4. The van der Waals surface area contributed by atoms with Gasteiger partial charge in [-0.2, -0.15) is 0 Å². The van der Waals surface area contributed by atoms with E-state index in [1.807, 2.05) is 0 Å². The van der Waals surface area contributed by atoms with Crippen LogP contribution in [0.15, 0.2) is 0 Å². The molecule has 1 rings (SSSR count). The van der Waals surface area contributed by atoms with Crippen LogP contribution in [0.1, 0.15) is 33.1 Å². The van der Waals surface area contributed by atoms with E-state index in [-0.39, 0.29) is 0 Å². The minimum atomic E-state index is 0.481. The third-order valence-electron chi connectivity index (χ3n) is 4.06. The Kier molecular flexibility index (Phi) is 5.73. The van der Waals surface area contributed by atoms with Crippen molar-refractivity contribution < 1.29 is 4.74 Å². The van der Waals surface area contributed by atoms with Crippen molar-refractivity contribution in [1.29, 1.82) is 0 Å². The van der Waals surface area contributed by atoms with Crippen LogP contribution in [-0.4, -0.2) is 51.3 Å². The van der Waals surface area contributed by atoms with Gasteiger partial charge in [-0.3, -0.25) is 0 Å². The maximum atomic E-state index is 5.22. The molecule has 0 aliphatic carbocycles. The summed E-state index contributed by atoms with van der Waals surface area (Å²) in [5, 5.41) is 3.54. The predicted octanol–water partition coefficient (Wildman–Crippen LogP) is 1.73. The standard InChI is InChI=1S/C13H28N2O/c1-5-13(7-6-8-14-10-13)11-15(3)12(2)9-16-4/h12,14H,5-11H2,1-4H3. The molecular weight excluding hydrogens is 200 g/mol. The molecule has 1 aliphatic rings. The van der Waals surface area contributed by atoms with E-state index in [1.54, 1.807) is 7.11 Å². The SMILES string of the molecule is CCC1(CN(C)C(C)COC)CCCNC1. The quantitative estimate of drug-likeness (QED) is 0.749. The third kappa shape index (κ3) is 3.72. The zero-order valence-corrected chi connectivity index (χ0v) is 11.4. The van der Waals surface area contributed by atoms with Crippen LogP contribution in [0.3, 0.4) is 0 Å². The van der Waals surface area contributed by atoms with Crippen molar-refractivity contribution in [2.75, 3.05) is 40.4 Å². The molecule has 0 aromatic rings. The fourth-order valence-corrected chi connectivity index (χ4v) is 2.63. The number of ether oxygens (including phenoxy) is 1. The summed E-state index contributed by atoms with van der Waals surface area (Å²) >= 11 is 0. The number of hydrogen-bond acceptors (Lipinski definition) is 3. The first-order valence-electron chi connectivity index (χ1n) is 6.53. The number of hydrogen-bond donors (Lipinski definition) is 1. The van der Waals surface area contributed by atoms with Crippen LogP contribution in [0, 0.1) is 5.41 Å². The van der Waals surface area contributed by atoms with Crippen molar-refractivity contribution >= 4 is 0 Å². The Bertz CT molecular complexity index is 190. The molecule has 1 aliphatic heterocycles. The Morgan fingerprint density at radius 1 is 1.50 bits per heavy atom. The van der Waals surface area contributed by atoms with Gasteiger partial charge in [-0.05, 0) is 45.2 Å². The van der Waals surface area contributed by atoms with Crippen molar-refractivity contribution in [2.45, 2.75) is 39.2 Å². The van der Waals surface area contributed by atoms with E-state index < -0.39 is 0 Å². The number of rotatable bonds is 6. The molecule has 1 fully saturated rings. The van der Waals surface area contributed by atoms with Crippen molar-refractivity contribution in [2.24, 2.45) is 5.41 Å². The Morgan fingerprint density at radius 2 is 2.25 bits per heavy atom. The monoisotopic (exact) mass is 228 g/mol. The fourth-order valence-electron chi connectivity index (χ4n) is 2.63. The highest BCUT2D eigenvalue weighted by Crippen LogP contribution is 2.31. The van der Waals surface area contributed by atoms with E-state index in [2.05, 4.69) is 31.1 Å². The molecule has 96 valence electrons. The van der Waals surface area contributed by atoms with Crippen molar-refractivity contribution in [3.05, 3.63) is 0 Å². The van der Waals surface area contributed by atoms with E-state index >= 15 is 0 Å². The summed E-state index contributed by atoms with van der Waals surface area (Å²) in [6, 6.07) is 0.510. The Hall–Kier alpha value is -0.120. The minimum absolute atomic E-state index is 0.481. The fraction of sp³-hybridized carbons (Fsp3) is 1.00. The molecule has 0 spiro atoms. The third-order valence-corrected chi connectivity index (χ3v) is 4.06. The number of nitrogens with zero attached hydrogens (tertiary/aromatic N) is 1. The van der Waals surface area contributed by atoms with E-state index in [9.17, 15) is 0 Å². The van der Waals surface area contributed by atoms with Gasteiger partial charge in [0.25, 0.3) is 0 Å². The van der Waals surface area contributed by atoms with Gasteiger partial charge >= 0.3 is 0 Å². The molecule has 1 N–H and O–H groups in total. The lowest BCUT2D eigenvalue weighted by molar-refractivity contribution is 0.0660. The summed E-state index contributed by atoms with van der Waals surface area (Å²) in [6.07, 6.45) is 3.95. The normalized spacial score (nSPS) is 28.3. The number of piperidine rings is 1. The summed E-state index contributed by atoms with van der Waals surface area (Å²) in [5.74, 6) is 0. The lowest BCUT2D eigenvalue weighted by atomic mass is 9.78. The van der Waals surface area contributed by atoms with Gasteiger partial charge in [0, 0.05) is 26.2 Å². The van der Waals surface area contributed by atoms with E-state index in [1.165, 1.54) is 38.9 Å². The zero-order chi connectivity index (χ0) is 12.0. The van der Waals surface area contributed by atoms with Gasteiger partial charge in [-0.1, -0.05) is 6.92 Å². The van der Waals surface area contributed by atoms with Crippen LogP contribution < -0.4 is 5.32 Å². The minimum Gasteiger partial charge on any atom is -0.383 e. The Labute approximate surface area is 101 Å². The van der Waals surface area contributed by atoms with Crippen LogP contribution in [-0.2, 0) is 4.74 Å². The highest BCUT2D eigenvalue weighted by atomic mass is 16.5. The molecule has 3 nitrogen and oxygen atoms in total. The molecule has 3 heteroatoms. The van der Waals surface area contributed by atoms with E-state index in [4.69, 9.17) is 4.74 Å². The largest absolute Gasteiger partial charge is 0.383 e. The average molecular weight is 228 g/mol. The molecule has 0 amide bonds. The second-order valence-electron chi connectivity index (χ2n) is 5.35. The number of methoxy groups -OCH3 is 1. The lowest BCUT2D eigenvalue weighted by Gasteiger charge is -2.41. The molecule has 0 aromatic heterocycles. The summed E-state index contributed by atoms with van der Waals surface area (Å²) in [5.41, 5.74) is 0.481. The van der Waals surface area contributed by atoms with Crippen LogP contribution in [0.5, 0.6) is 0 Å². The van der Waals surface area contributed by atoms with Gasteiger partial charge in [0.15, 0.2) is 0 Å². The van der Waals surface area contributed by atoms with Gasteiger partial charge < -0.3 is 15.0 Å². The van der Waals surface area contributed by atoms with Crippen LogP contribution in [0.4, 0.5) is 0 Å². The highest BCUT2D eigenvalue weighted by molar-refractivity contribution is 4.87. The second kappa shape index (κ2) is 6.58. The molecule has 0 aromatic carbocycles. The number of likely N-dealkylation sites (N-methyl/N-ethyl adjacent to an activating group) is 1. The molecule has 0 saturated carbocycles. The molecule has 2 unspecified atom stereocenters. The molecule has 0 bridgehead atoms. The smallest absolute Gasteiger partial charge is 0.0615 e. The van der Waals surface area contributed by atoms with E-state index in [0.717, 1.165) is 6.61 Å². The van der Waals surface area contributed by atoms with Crippen molar-refractivity contribution in [3.8, 4) is 0 Å². The van der Waals surface area contributed by atoms with Gasteiger partial charge in [0.2, 0.25) is 0 Å². The first kappa shape index (κ1) is 13.9. The maximum Gasteiger partial charge on any atom is 0.0615 e. The topological polar surface area (TPSA) is 24.5 Å². The van der Waals surface area contributed by atoms with Gasteiger partial charge in [-0.25, -0.2) is 0 Å². The molecular formula is C13H28N2O. The van der Waals surface area contributed by atoms with E-state index in [0.29, 0.717) is 11.5 Å². The molecule has 1 saturated heterocycles. The Balaban J connectivity index is 2.48. The predicted molar refractivity (Wildman–Crippen MR) is 68.8 cm³/mol. The first-order valence-corrected chi connectivity index (χ1v) is 6.53. The summed E-state index contributed by atoms with van der Waals surface area (Å²) in [4.78, 5) is 2.44. The first-order chi connectivity index (χ1) is 7.63. The number of nitrogens with one attached hydrogen (secondary N) is 1. The van der Waals surface area contributed by atoms with Crippen LogP contribution >= 0.6 is 0 Å². The Morgan fingerprint density at radius 3 is 2.75 bits per heavy atom. The van der Waals surface area contributed by atoms with Gasteiger partial charge in [0.05, 0.1) is 6.61 Å². The van der Waals surface area contributed by atoms with Crippen LogP contribution in [0.25, 0.3) is 0 Å². The summed E-state index contributed by atoms with van der Waals surface area (Å²) in [7, 11) is 4.00. The maximum absolute atomic E-state index is 5.22. The highest BCUT2D eigenvalue weighted by Gasteiger charge is 2.32. The summed E-state index contributed by atoms with van der Waals surface area (Å²) < 4.78 is 5.22. The second-order valence-corrected chi connectivity index (χ2v) is 5.35.